The number of halogens is 7. The van der Waals surface area contributed by atoms with Gasteiger partial charge in [-0.3, -0.25) is 14.3 Å². The second-order valence-electron chi connectivity index (χ2n) is 10.6. The molecule has 7 nitrogen and oxygen atoms in total. The van der Waals surface area contributed by atoms with Gasteiger partial charge in [0.05, 0.1) is 43.0 Å². The summed E-state index contributed by atoms with van der Waals surface area (Å²) in [5, 5.41) is 15.2. The fourth-order valence-electron chi connectivity index (χ4n) is 5.50. The summed E-state index contributed by atoms with van der Waals surface area (Å²) < 4.78 is 77.6. The lowest BCUT2D eigenvalue weighted by molar-refractivity contribution is -0.151. The Morgan fingerprint density at radius 3 is 2.22 bits per heavy atom. The maximum atomic E-state index is 14.6. The van der Waals surface area contributed by atoms with Crippen LogP contribution in [-0.4, -0.2) is 51.1 Å². The summed E-state index contributed by atoms with van der Waals surface area (Å²) >= 11 is 14.1. The molecule has 1 unspecified atom stereocenters. The van der Waals surface area contributed by atoms with Crippen molar-refractivity contribution in [1.29, 1.82) is 0 Å². The van der Waals surface area contributed by atoms with Gasteiger partial charge in [0.1, 0.15) is 11.6 Å². The van der Waals surface area contributed by atoms with Crippen molar-refractivity contribution in [2.75, 3.05) is 19.4 Å². The molecule has 4 rings (SSSR count). The Balaban J connectivity index is 1.70. The van der Waals surface area contributed by atoms with Crippen LogP contribution in [-0.2, 0) is 22.3 Å². The molecule has 0 radical (unpaired) electrons. The molecule has 0 spiro atoms. The first kappa shape index (κ1) is 35.0. The van der Waals surface area contributed by atoms with E-state index in [1.165, 1.54) is 23.9 Å². The molecule has 1 amide bonds. The SMILES string of the molecule is CCOC(=O)[C@H]1CC[C@H](n2ncc(C(=O)N(Cc3cc(F)cc(F)c3)CC(O)c3c(Cl)cc(SC)cc3Cl)c2C(F)(F)F)CC1. The fourth-order valence-corrected chi connectivity index (χ4v) is 6.84. The largest absolute Gasteiger partial charge is 0.466 e. The molecule has 45 heavy (non-hydrogen) atoms. The number of aliphatic hydroxyl groups is 1. The second kappa shape index (κ2) is 14.7. The van der Waals surface area contributed by atoms with Gasteiger partial charge in [0.15, 0.2) is 5.69 Å². The van der Waals surface area contributed by atoms with Crippen LogP contribution in [0, 0.1) is 17.6 Å². The number of hydrogen-bond acceptors (Lipinski definition) is 6. The predicted molar refractivity (Wildman–Crippen MR) is 159 cm³/mol. The normalized spacial score (nSPS) is 17.6. The summed E-state index contributed by atoms with van der Waals surface area (Å²) in [7, 11) is 0. The molecule has 15 heteroatoms. The first-order valence-electron chi connectivity index (χ1n) is 14.0. The number of aromatic nitrogens is 2. The molecule has 1 N–H and O–H groups in total. The van der Waals surface area contributed by atoms with E-state index in [9.17, 15) is 36.6 Å². The first-order chi connectivity index (χ1) is 21.2. The van der Waals surface area contributed by atoms with Gasteiger partial charge >= 0.3 is 12.1 Å². The monoisotopic (exact) mass is 693 g/mol. The van der Waals surface area contributed by atoms with Crippen molar-refractivity contribution in [2.24, 2.45) is 5.92 Å². The Morgan fingerprint density at radius 1 is 1.09 bits per heavy atom. The average Bonchev–Trinajstić information content (AvgIpc) is 3.42. The van der Waals surface area contributed by atoms with Crippen LogP contribution < -0.4 is 0 Å². The maximum absolute atomic E-state index is 14.6. The van der Waals surface area contributed by atoms with E-state index >= 15 is 0 Å². The molecular weight excluding hydrogens is 664 g/mol. The molecule has 1 atom stereocenters. The average molecular weight is 695 g/mol. The number of esters is 1. The van der Waals surface area contributed by atoms with Crippen molar-refractivity contribution >= 4 is 46.8 Å². The predicted octanol–water partition coefficient (Wildman–Crippen LogP) is 7.88. The zero-order chi connectivity index (χ0) is 33.1. The second-order valence-corrected chi connectivity index (χ2v) is 12.3. The Morgan fingerprint density at radius 2 is 1.69 bits per heavy atom. The van der Waals surface area contributed by atoms with Gasteiger partial charge < -0.3 is 14.7 Å². The van der Waals surface area contributed by atoms with Gasteiger partial charge in [-0.15, -0.1) is 11.8 Å². The molecule has 1 fully saturated rings. The third kappa shape index (κ3) is 8.30. The number of hydrogen-bond donors (Lipinski definition) is 1. The zero-order valence-corrected chi connectivity index (χ0v) is 26.5. The van der Waals surface area contributed by atoms with Crippen molar-refractivity contribution in [3.63, 3.8) is 0 Å². The molecule has 1 saturated carbocycles. The molecule has 1 aromatic heterocycles. The number of ether oxygens (including phenoxy) is 1. The fraction of sp³-hybridized carbons (Fsp3) is 0.433. The van der Waals surface area contributed by atoms with E-state index in [1.54, 1.807) is 13.2 Å². The molecule has 1 heterocycles. The van der Waals surface area contributed by atoms with E-state index < -0.39 is 72.1 Å². The van der Waals surface area contributed by atoms with Gasteiger partial charge in [-0.1, -0.05) is 23.2 Å². The van der Waals surface area contributed by atoms with Crippen molar-refractivity contribution in [1.82, 2.24) is 14.7 Å². The van der Waals surface area contributed by atoms with Gasteiger partial charge in [-0.2, -0.15) is 18.3 Å². The molecule has 1 aliphatic carbocycles. The van der Waals surface area contributed by atoms with Crippen LogP contribution in [0.5, 0.6) is 0 Å². The Kier molecular flexibility index (Phi) is 11.4. The van der Waals surface area contributed by atoms with Crippen LogP contribution >= 0.6 is 35.0 Å². The molecule has 244 valence electrons. The Labute approximate surface area is 270 Å². The van der Waals surface area contributed by atoms with Crippen molar-refractivity contribution in [2.45, 2.75) is 62.4 Å². The number of benzene rings is 2. The highest BCUT2D eigenvalue weighted by Crippen LogP contribution is 2.40. The van der Waals surface area contributed by atoms with E-state index in [0.29, 0.717) is 11.0 Å². The number of nitrogens with zero attached hydrogens (tertiary/aromatic N) is 3. The number of rotatable bonds is 10. The summed E-state index contributed by atoms with van der Waals surface area (Å²) in [4.78, 5) is 27.5. The molecular formula is C30H30Cl2F5N3O4S. The van der Waals surface area contributed by atoms with Gasteiger partial charge in [-0.25, -0.2) is 8.78 Å². The summed E-state index contributed by atoms with van der Waals surface area (Å²) in [5.41, 5.74) is -2.16. The highest BCUT2D eigenvalue weighted by Gasteiger charge is 2.43. The quantitative estimate of drug-likeness (QED) is 0.132. The van der Waals surface area contributed by atoms with Gasteiger partial charge in [0, 0.05) is 33.1 Å². The third-order valence-corrected chi connectivity index (χ3v) is 8.89. The molecule has 1 aliphatic rings. The van der Waals surface area contributed by atoms with Crippen LogP contribution in [0.25, 0.3) is 0 Å². The van der Waals surface area contributed by atoms with Crippen LogP contribution in [0.15, 0.2) is 41.4 Å². The minimum Gasteiger partial charge on any atom is -0.466 e. The summed E-state index contributed by atoms with van der Waals surface area (Å²) in [5.74, 6) is -3.96. The summed E-state index contributed by atoms with van der Waals surface area (Å²) in [6.07, 6.45) is -3.08. The van der Waals surface area contributed by atoms with Gasteiger partial charge in [0.2, 0.25) is 0 Å². The third-order valence-electron chi connectivity index (χ3n) is 7.55. The lowest BCUT2D eigenvalue weighted by atomic mass is 9.86. The Bertz CT molecular complexity index is 1500. The van der Waals surface area contributed by atoms with E-state index in [1.807, 2.05) is 0 Å². The van der Waals surface area contributed by atoms with E-state index in [4.69, 9.17) is 27.9 Å². The van der Waals surface area contributed by atoms with Crippen LogP contribution in [0.1, 0.15) is 71.9 Å². The van der Waals surface area contributed by atoms with Crippen LogP contribution in [0.3, 0.4) is 0 Å². The van der Waals surface area contributed by atoms with E-state index in [0.717, 1.165) is 27.9 Å². The number of carbonyl (C=O) groups excluding carboxylic acids is 2. The standard InChI is InChI=1S/C30H30Cl2F5N3O4S/c1-3-44-29(43)17-4-6-20(7-5-17)40-27(30(35,36)37)22(13-38-40)28(42)39(14-16-8-18(33)10-19(34)9-16)15-25(41)26-23(31)11-21(45-2)12-24(26)32/h8-13,17,20,25,41H,3-7,14-15H2,1-2H3/t17-,20-,25?. The summed E-state index contributed by atoms with van der Waals surface area (Å²) in [6, 6.07) is 4.79. The molecule has 0 aliphatic heterocycles. The Hall–Kier alpha value is -2.87. The maximum Gasteiger partial charge on any atom is 0.433 e. The topological polar surface area (TPSA) is 84.7 Å². The lowest BCUT2D eigenvalue weighted by Gasteiger charge is -2.29. The van der Waals surface area contributed by atoms with Crippen molar-refractivity contribution in [3.05, 3.63) is 80.6 Å². The number of alkyl halides is 3. The molecule has 3 aromatic rings. The zero-order valence-electron chi connectivity index (χ0n) is 24.2. The van der Waals surface area contributed by atoms with Crippen LogP contribution in [0.2, 0.25) is 10.0 Å². The number of carbonyl (C=O) groups is 2. The lowest BCUT2D eigenvalue weighted by Crippen LogP contribution is -2.36. The smallest absolute Gasteiger partial charge is 0.433 e. The molecule has 0 saturated heterocycles. The minimum atomic E-state index is -5.02. The summed E-state index contributed by atoms with van der Waals surface area (Å²) in [6.45, 7) is 0.674. The van der Waals surface area contributed by atoms with Gasteiger partial charge in [-0.05, 0) is 68.7 Å². The molecule has 0 bridgehead atoms. The number of amides is 1. The number of aliphatic hydroxyl groups excluding tert-OH is 1. The number of thioether (sulfide) groups is 1. The first-order valence-corrected chi connectivity index (χ1v) is 16.0. The van der Waals surface area contributed by atoms with E-state index in [-0.39, 0.29) is 53.5 Å². The van der Waals surface area contributed by atoms with Crippen molar-refractivity contribution in [3.8, 4) is 0 Å². The molecule has 2 aromatic carbocycles. The van der Waals surface area contributed by atoms with Gasteiger partial charge in [0.25, 0.3) is 5.91 Å². The van der Waals surface area contributed by atoms with Crippen LogP contribution in [0.4, 0.5) is 22.0 Å². The van der Waals surface area contributed by atoms with Crippen molar-refractivity contribution < 1.29 is 41.4 Å². The minimum absolute atomic E-state index is 0.0319. The highest BCUT2D eigenvalue weighted by molar-refractivity contribution is 7.98. The van der Waals surface area contributed by atoms with E-state index in [2.05, 4.69) is 5.10 Å². The highest BCUT2D eigenvalue weighted by atomic mass is 35.5.